The second kappa shape index (κ2) is 39.8. The number of nitrogens with one attached hydrogen (secondary N) is 2. The molecule has 3 amide bonds. The highest BCUT2D eigenvalue weighted by atomic mass is 32.2. The Labute approximate surface area is 424 Å². The van der Waals surface area contributed by atoms with E-state index >= 15 is 0 Å². The van der Waals surface area contributed by atoms with E-state index in [0.717, 1.165) is 93.5 Å². The lowest BCUT2D eigenvalue weighted by atomic mass is 9.92. The number of unbranched alkanes of at least 4 members (excludes halogenated alkanes) is 1. The molecule has 0 bridgehead atoms. The van der Waals surface area contributed by atoms with Crippen molar-refractivity contribution in [3.63, 3.8) is 0 Å². The molecule has 1 aliphatic rings. The summed E-state index contributed by atoms with van der Waals surface area (Å²) < 4.78 is 7.28. The van der Waals surface area contributed by atoms with Crippen LogP contribution < -0.4 is 16.4 Å². The molecule has 70 heavy (non-hydrogen) atoms. The zero-order valence-electron chi connectivity index (χ0n) is 45.1. The molecule has 0 spiro atoms. The lowest BCUT2D eigenvalue weighted by Crippen LogP contribution is -2.48. The lowest BCUT2D eigenvalue weighted by Gasteiger charge is -2.34. The molecule has 1 aliphatic heterocycles. The maximum atomic E-state index is 11.9. The fraction of sp³-hybridized carbons (Fsp3) is 0.745. The van der Waals surface area contributed by atoms with Gasteiger partial charge in [-0.15, -0.1) is 0 Å². The molecule has 4 rings (SSSR count). The fourth-order valence-electron chi connectivity index (χ4n) is 6.68. The van der Waals surface area contributed by atoms with E-state index in [1.54, 1.807) is 6.92 Å². The molecule has 0 unspecified atom stereocenters. The average molecular weight is 1010 g/mol. The van der Waals surface area contributed by atoms with Gasteiger partial charge in [-0.1, -0.05) is 80.9 Å². The molecule has 0 aliphatic carbocycles. The van der Waals surface area contributed by atoms with Crippen molar-refractivity contribution in [2.45, 2.75) is 152 Å². The molecule has 0 atom stereocenters. The Morgan fingerprint density at radius 1 is 0.871 bits per heavy atom. The van der Waals surface area contributed by atoms with Crippen LogP contribution in [0.3, 0.4) is 0 Å². The van der Waals surface area contributed by atoms with Crippen LogP contribution in [0.4, 0.5) is 10.6 Å². The Balaban J connectivity index is 0. The number of nitrogens with zero attached hydrogens (tertiary/aromatic N) is 5. The van der Waals surface area contributed by atoms with Crippen molar-refractivity contribution in [2.75, 3.05) is 91.2 Å². The van der Waals surface area contributed by atoms with Gasteiger partial charge in [0.1, 0.15) is 11.3 Å². The number of nitrogen functional groups attached to an aromatic ring is 1. The topological polar surface area (TPSA) is 269 Å². The zero-order chi connectivity index (χ0) is 53.7. The summed E-state index contributed by atoms with van der Waals surface area (Å²) in [6.07, 6.45) is 6.30. The van der Waals surface area contributed by atoms with Crippen LogP contribution in [0.1, 0.15) is 139 Å². The minimum atomic E-state index is -0.961. The maximum Gasteiger partial charge on any atom is 0.404 e. The largest absolute Gasteiger partial charge is 0.465 e. The summed E-state index contributed by atoms with van der Waals surface area (Å²) in [5.74, 6) is 2.10. The van der Waals surface area contributed by atoms with Gasteiger partial charge < -0.3 is 60.7 Å². The number of carbonyl (C=O) groups is 3. The quantitative estimate of drug-likeness (QED) is 0.0336. The number of aliphatic hydroxyl groups excluding tert-OH is 5. The molecule has 0 radical (unpaired) electrons. The van der Waals surface area contributed by atoms with E-state index in [9.17, 15) is 24.6 Å². The van der Waals surface area contributed by atoms with Crippen molar-refractivity contribution < 1.29 is 49.2 Å². The second-order valence-electron chi connectivity index (χ2n) is 17.8. The van der Waals surface area contributed by atoms with Gasteiger partial charge in [-0.3, -0.25) is 14.5 Å². The van der Waals surface area contributed by atoms with Gasteiger partial charge in [0.15, 0.2) is 5.82 Å². The van der Waals surface area contributed by atoms with Gasteiger partial charge in [0.05, 0.1) is 43.9 Å². The van der Waals surface area contributed by atoms with E-state index in [1.807, 2.05) is 60.3 Å². The van der Waals surface area contributed by atoms with Crippen LogP contribution in [-0.2, 0) is 33.2 Å². The first-order valence-electron chi connectivity index (χ1n) is 25.5. The number of pyridine rings is 1. The maximum absolute atomic E-state index is 11.9. The highest BCUT2D eigenvalue weighted by Gasteiger charge is 2.27. The smallest absolute Gasteiger partial charge is 0.404 e. The molecule has 1 saturated heterocycles. The molecule has 18 nitrogen and oxygen atoms in total. The number of aryl methyl sites for hydroxylation is 2. The first kappa shape index (κ1) is 68.3. The van der Waals surface area contributed by atoms with Gasteiger partial charge in [-0.2, -0.15) is 0 Å². The number of nitrogens with two attached hydrogens (primary N) is 1. The van der Waals surface area contributed by atoms with Gasteiger partial charge in [0.2, 0.25) is 11.8 Å². The molecule has 0 saturated carbocycles. The zero-order valence-corrected chi connectivity index (χ0v) is 45.9. The normalized spacial score (nSPS) is 12.5. The van der Waals surface area contributed by atoms with E-state index < -0.39 is 11.5 Å². The minimum Gasteiger partial charge on any atom is -0.465 e. The lowest BCUT2D eigenvalue weighted by molar-refractivity contribution is -0.132. The van der Waals surface area contributed by atoms with Gasteiger partial charge in [-0.25, -0.2) is 14.8 Å². The third-order valence-electron chi connectivity index (χ3n) is 10.8. The summed E-state index contributed by atoms with van der Waals surface area (Å²) in [7, 11) is 0. The summed E-state index contributed by atoms with van der Waals surface area (Å²) in [5.41, 5.74) is 9.44. The third kappa shape index (κ3) is 27.7. The van der Waals surface area contributed by atoms with Crippen LogP contribution >= 0.6 is 12.0 Å². The van der Waals surface area contributed by atoms with Crippen LogP contribution in [0.15, 0.2) is 18.2 Å². The number of piperazine rings is 1. The standard InChI is InChI=1S/C29H44N6O3.C10H21NO4S.C5H12O.C3H7NO2.2C2H6/c1-4-6-9-24-32-26-27(35(24)18-29(3,19-36)20-37)22-11-10-21(17-23(22)31-28(26)30)8-7-12-33-13-15-34(16-14-33)25(38)5-2;1-10(2,4-6-12)16-15-8-3-9(14)11-5-7-13;1-5(2)3-4-6;1-2-4-3(5)6;2*1-2/h10-11,17,36-37H,4-9,12-16,18-20H2,1-3H3,(H2,30,31);12-13H,3-8H2,1-2H3,(H,11,14);5-6H,3-4H2,1-2H3;4H,2H2,1H3,(H,5,6);2*1-2H3. The highest BCUT2D eigenvalue weighted by molar-refractivity contribution is 7.96. The van der Waals surface area contributed by atoms with Crippen LogP contribution in [0.25, 0.3) is 21.9 Å². The molecule has 1 aromatic carbocycles. The third-order valence-corrected chi connectivity index (χ3v) is 11.7. The fourth-order valence-corrected chi connectivity index (χ4v) is 7.34. The van der Waals surface area contributed by atoms with E-state index in [1.165, 1.54) is 17.6 Å². The Kier molecular flexibility index (Phi) is 38.8. The SMILES string of the molecule is CC.CC.CC(C)(CCO)SOCCC(=O)NCCO.CC(C)CCO.CCCCc1nc2c(N)nc3cc(CCCN4CCN(C(=O)CC)CC4)ccc3c2n1CC(C)(CO)CO.CCNC(=O)O. The predicted molar refractivity (Wildman–Crippen MR) is 287 cm³/mol. The number of aromatic nitrogens is 3. The number of hydrogen-bond acceptors (Lipinski definition) is 14. The van der Waals surface area contributed by atoms with Gasteiger partial charge in [0, 0.05) is 87.4 Å². The molecular weight excluding hydrogens is 917 g/mol. The number of rotatable bonds is 24. The van der Waals surface area contributed by atoms with Crippen LogP contribution in [0.5, 0.6) is 0 Å². The van der Waals surface area contributed by atoms with Crippen molar-refractivity contribution in [3.05, 3.63) is 29.6 Å². The van der Waals surface area contributed by atoms with E-state index in [0.29, 0.717) is 56.4 Å². The summed E-state index contributed by atoms with van der Waals surface area (Å²) in [6, 6.07) is 6.41. The van der Waals surface area contributed by atoms with Crippen LogP contribution in [0.2, 0.25) is 0 Å². The summed E-state index contributed by atoms with van der Waals surface area (Å²) in [5, 5.41) is 59.0. The van der Waals surface area contributed by atoms with Crippen molar-refractivity contribution in [2.24, 2.45) is 11.3 Å². The van der Waals surface area contributed by atoms with Crippen molar-refractivity contribution in [1.82, 2.24) is 35.0 Å². The predicted octanol–water partition coefficient (Wildman–Crippen LogP) is 6.65. The molecule has 10 N–H and O–H groups in total. The number of carbonyl (C=O) groups excluding carboxylic acids is 2. The number of carboxylic acid groups (broad SMARTS) is 1. The summed E-state index contributed by atoms with van der Waals surface area (Å²) in [6.45, 7) is 30.0. The number of aliphatic hydroxyl groups is 5. The molecular formula is C51H96N8O10S. The summed E-state index contributed by atoms with van der Waals surface area (Å²) in [4.78, 5) is 46.5. The summed E-state index contributed by atoms with van der Waals surface area (Å²) >= 11 is 1.28. The molecule has 1 fully saturated rings. The van der Waals surface area contributed by atoms with Gasteiger partial charge in [-0.05, 0) is 89.0 Å². The molecule has 2 aromatic heterocycles. The molecule has 19 heteroatoms. The van der Waals surface area contributed by atoms with Crippen molar-refractivity contribution in [3.8, 4) is 0 Å². The van der Waals surface area contributed by atoms with Crippen LogP contribution in [0, 0.1) is 11.3 Å². The number of imidazole rings is 1. The Morgan fingerprint density at radius 3 is 2.00 bits per heavy atom. The number of amides is 3. The second-order valence-corrected chi connectivity index (χ2v) is 19.3. The highest BCUT2D eigenvalue weighted by Crippen LogP contribution is 2.33. The monoisotopic (exact) mass is 1010 g/mol. The Bertz CT molecular complexity index is 1840. The van der Waals surface area contributed by atoms with Gasteiger partial charge >= 0.3 is 6.09 Å². The molecule has 3 heterocycles. The molecule has 3 aromatic rings. The Morgan fingerprint density at radius 2 is 1.51 bits per heavy atom. The van der Waals surface area contributed by atoms with E-state index in [-0.39, 0.29) is 56.0 Å². The molecule has 406 valence electrons. The minimum absolute atomic E-state index is 0.0507. The Hall–Kier alpha value is -3.82. The average Bonchev–Trinajstić information content (AvgIpc) is 3.71. The van der Waals surface area contributed by atoms with Crippen molar-refractivity contribution in [1.29, 1.82) is 0 Å². The first-order valence-corrected chi connectivity index (χ1v) is 26.3. The van der Waals surface area contributed by atoms with Gasteiger partial charge in [0.25, 0.3) is 0 Å². The number of fused-ring (bicyclic) bond motifs is 3. The van der Waals surface area contributed by atoms with E-state index in [4.69, 9.17) is 40.3 Å². The van der Waals surface area contributed by atoms with Crippen LogP contribution in [-0.4, -0.2) is 163 Å². The van der Waals surface area contributed by atoms with Crippen molar-refractivity contribution >= 4 is 57.7 Å². The first-order chi connectivity index (χ1) is 33.4. The number of hydrogen-bond donors (Lipinski definition) is 9. The number of benzene rings is 1. The number of anilines is 1. The van der Waals surface area contributed by atoms with E-state index in [2.05, 4.69) is 59.1 Å².